The Bertz CT molecular complexity index is 694. The second-order valence-electron chi connectivity index (χ2n) is 4.52. The largest absolute Gasteiger partial charge is 0.396 e. The maximum Gasteiger partial charge on any atom is 0.258 e. The number of rotatable bonds is 6. The molecule has 2 rings (SSSR count). The average Bonchev–Trinajstić information content (AvgIpc) is 2.50. The first-order valence-electron chi connectivity index (χ1n) is 6.48. The minimum absolute atomic E-state index is 0.0851. The molecule has 0 fully saturated rings. The van der Waals surface area contributed by atoms with Crippen LogP contribution in [0, 0.1) is 4.91 Å². The minimum atomic E-state index is -0.198. The van der Waals surface area contributed by atoms with Gasteiger partial charge in [-0.2, -0.15) is 0 Å². The van der Waals surface area contributed by atoms with Gasteiger partial charge >= 0.3 is 0 Å². The number of aliphatic hydroxyl groups excluding tert-OH is 1. The summed E-state index contributed by atoms with van der Waals surface area (Å²) >= 11 is 0. The van der Waals surface area contributed by atoms with Crippen LogP contribution < -0.4 is 5.56 Å². The van der Waals surface area contributed by atoms with Gasteiger partial charge in [-0.15, -0.1) is 4.91 Å². The molecule has 0 radical (unpaired) electrons. The third-order valence-corrected chi connectivity index (χ3v) is 3.14. The molecule has 0 saturated carbocycles. The lowest BCUT2D eigenvalue weighted by molar-refractivity contribution is 0.185. The Morgan fingerprint density at radius 1 is 1.29 bits per heavy atom. The lowest BCUT2D eigenvalue weighted by atomic mass is 10.1. The Hall–Kier alpha value is -2.31. The normalized spacial score (nSPS) is 10.6. The fraction of sp³-hybridized carbons (Fsp3) is 0.267. The highest BCUT2D eigenvalue weighted by Gasteiger charge is 2.10. The first kappa shape index (κ1) is 15.1. The summed E-state index contributed by atoms with van der Waals surface area (Å²) in [5.41, 5.74) is 1.94. The van der Waals surface area contributed by atoms with Crippen molar-refractivity contribution in [2.75, 3.05) is 13.7 Å². The van der Waals surface area contributed by atoms with Gasteiger partial charge in [0, 0.05) is 37.5 Å². The van der Waals surface area contributed by atoms with Crippen molar-refractivity contribution in [1.29, 1.82) is 0 Å². The number of hydrogen-bond donors (Lipinski definition) is 1. The minimum Gasteiger partial charge on any atom is -0.396 e. The Balaban J connectivity index is 2.58. The van der Waals surface area contributed by atoms with E-state index in [1.807, 2.05) is 0 Å². The second kappa shape index (κ2) is 6.92. The molecule has 0 unspecified atom stereocenters. The van der Waals surface area contributed by atoms with Crippen LogP contribution in [0.25, 0.3) is 5.69 Å². The molecule has 0 aliphatic carbocycles. The fourth-order valence-corrected chi connectivity index (χ4v) is 2.17. The number of benzene rings is 1. The predicted molar refractivity (Wildman–Crippen MR) is 79.0 cm³/mol. The molecule has 0 aliphatic heterocycles. The Morgan fingerprint density at radius 2 is 2.10 bits per heavy atom. The number of nitrogens with zero attached hydrogens (tertiary/aromatic N) is 2. The summed E-state index contributed by atoms with van der Waals surface area (Å²) in [5.74, 6) is 0. The molecule has 110 valence electrons. The molecule has 6 nitrogen and oxygen atoms in total. The van der Waals surface area contributed by atoms with Gasteiger partial charge in [-0.3, -0.25) is 9.36 Å². The van der Waals surface area contributed by atoms with Gasteiger partial charge in [0.1, 0.15) is 5.69 Å². The SMILES string of the molecule is COCc1cc(N=O)ccc1-n1cccc(CCO)c1=O. The smallest absolute Gasteiger partial charge is 0.258 e. The summed E-state index contributed by atoms with van der Waals surface area (Å²) in [6.07, 6.45) is 1.94. The molecule has 21 heavy (non-hydrogen) atoms. The average molecular weight is 288 g/mol. The van der Waals surface area contributed by atoms with Gasteiger partial charge in [0.05, 0.1) is 12.3 Å². The summed E-state index contributed by atoms with van der Waals surface area (Å²) in [6.45, 7) is 0.174. The van der Waals surface area contributed by atoms with E-state index in [4.69, 9.17) is 9.84 Å². The molecule has 0 saturated heterocycles. The number of methoxy groups -OCH3 is 1. The number of nitroso groups, excluding NO2 is 1. The van der Waals surface area contributed by atoms with Crippen LogP contribution >= 0.6 is 0 Å². The van der Waals surface area contributed by atoms with E-state index in [-0.39, 0.29) is 24.5 Å². The van der Waals surface area contributed by atoms with Crippen LogP contribution in [0.5, 0.6) is 0 Å². The topological polar surface area (TPSA) is 80.9 Å². The zero-order valence-corrected chi connectivity index (χ0v) is 11.7. The predicted octanol–water partition coefficient (Wildman–Crippen LogP) is 1.92. The maximum atomic E-state index is 12.4. The summed E-state index contributed by atoms with van der Waals surface area (Å²) < 4.78 is 6.59. The van der Waals surface area contributed by atoms with Crippen LogP contribution in [-0.2, 0) is 17.8 Å². The second-order valence-corrected chi connectivity index (χ2v) is 4.52. The zero-order valence-electron chi connectivity index (χ0n) is 11.7. The van der Waals surface area contributed by atoms with Crippen LogP contribution in [-0.4, -0.2) is 23.4 Å². The fourth-order valence-electron chi connectivity index (χ4n) is 2.17. The van der Waals surface area contributed by atoms with Crippen molar-refractivity contribution in [3.05, 3.63) is 62.9 Å². The highest BCUT2D eigenvalue weighted by atomic mass is 16.5. The van der Waals surface area contributed by atoms with Crippen molar-refractivity contribution in [3.8, 4) is 5.69 Å². The molecule has 1 aromatic carbocycles. The Labute approximate surface area is 121 Å². The third kappa shape index (κ3) is 3.24. The molecular formula is C15H16N2O4. The first-order chi connectivity index (χ1) is 10.2. The standard InChI is InChI=1S/C15H16N2O4/c1-21-10-12-9-13(16-20)4-5-14(12)17-7-2-3-11(6-8-18)15(17)19/h2-5,7,9,18H,6,8,10H2,1H3. The van der Waals surface area contributed by atoms with Gasteiger partial charge in [0.15, 0.2) is 0 Å². The summed E-state index contributed by atoms with van der Waals surface area (Å²) in [7, 11) is 1.54. The molecule has 1 heterocycles. The van der Waals surface area contributed by atoms with Crippen molar-refractivity contribution in [2.45, 2.75) is 13.0 Å². The van der Waals surface area contributed by atoms with Gasteiger partial charge in [-0.05, 0) is 29.4 Å². The van der Waals surface area contributed by atoms with E-state index in [2.05, 4.69) is 5.18 Å². The molecule has 6 heteroatoms. The molecule has 0 aliphatic rings. The van der Waals surface area contributed by atoms with Gasteiger partial charge in [-0.25, -0.2) is 0 Å². The molecular weight excluding hydrogens is 272 g/mol. The molecule has 0 atom stereocenters. The van der Waals surface area contributed by atoms with E-state index in [9.17, 15) is 9.70 Å². The summed E-state index contributed by atoms with van der Waals surface area (Å²) in [4.78, 5) is 23.0. The molecule has 0 spiro atoms. The third-order valence-electron chi connectivity index (χ3n) is 3.14. The number of aliphatic hydroxyl groups is 1. The highest BCUT2D eigenvalue weighted by molar-refractivity contribution is 5.51. The van der Waals surface area contributed by atoms with Crippen molar-refractivity contribution < 1.29 is 9.84 Å². The van der Waals surface area contributed by atoms with Crippen molar-refractivity contribution in [3.63, 3.8) is 0 Å². The monoisotopic (exact) mass is 288 g/mol. The molecule has 1 aromatic heterocycles. The van der Waals surface area contributed by atoms with E-state index >= 15 is 0 Å². The van der Waals surface area contributed by atoms with Crippen LogP contribution in [0.1, 0.15) is 11.1 Å². The number of ether oxygens (including phenoxy) is 1. The number of hydrogen-bond acceptors (Lipinski definition) is 5. The highest BCUT2D eigenvalue weighted by Crippen LogP contribution is 2.21. The van der Waals surface area contributed by atoms with E-state index in [0.717, 1.165) is 0 Å². The van der Waals surface area contributed by atoms with Crippen molar-refractivity contribution in [1.82, 2.24) is 4.57 Å². The summed E-state index contributed by atoms with van der Waals surface area (Å²) in [5, 5.41) is 11.9. The quantitative estimate of drug-likeness (QED) is 0.823. The summed E-state index contributed by atoms with van der Waals surface area (Å²) in [6, 6.07) is 8.24. The molecule has 0 bridgehead atoms. The van der Waals surface area contributed by atoms with Crippen molar-refractivity contribution >= 4 is 5.69 Å². The zero-order chi connectivity index (χ0) is 15.2. The van der Waals surface area contributed by atoms with E-state index < -0.39 is 0 Å². The molecule has 0 amide bonds. The van der Waals surface area contributed by atoms with Gasteiger partial charge < -0.3 is 9.84 Å². The number of pyridine rings is 1. The molecule has 1 N–H and O–H groups in total. The van der Waals surface area contributed by atoms with Gasteiger partial charge in [0.25, 0.3) is 5.56 Å². The molecule has 2 aromatic rings. The van der Waals surface area contributed by atoms with Crippen LogP contribution in [0.15, 0.2) is 46.5 Å². The van der Waals surface area contributed by atoms with Crippen LogP contribution in [0.2, 0.25) is 0 Å². The lowest BCUT2D eigenvalue weighted by Crippen LogP contribution is -2.23. The van der Waals surface area contributed by atoms with Crippen molar-refractivity contribution in [2.24, 2.45) is 5.18 Å². The number of aromatic nitrogens is 1. The van der Waals surface area contributed by atoms with Crippen LogP contribution in [0.3, 0.4) is 0 Å². The maximum absolute atomic E-state index is 12.4. The van der Waals surface area contributed by atoms with E-state index in [1.54, 1.807) is 36.5 Å². The Morgan fingerprint density at radius 3 is 2.76 bits per heavy atom. The van der Waals surface area contributed by atoms with Gasteiger partial charge in [0.2, 0.25) is 0 Å². The van der Waals surface area contributed by atoms with Crippen LogP contribution in [0.4, 0.5) is 5.69 Å². The Kier molecular flexibility index (Phi) is 4.97. The van der Waals surface area contributed by atoms with E-state index in [1.165, 1.54) is 11.7 Å². The lowest BCUT2D eigenvalue weighted by Gasteiger charge is -2.12. The van der Waals surface area contributed by atoms with E-state index in [0.29, 0.717) is 23.2 Å². The first-order valence-corrected chi connectivity index (χ1v) is 6.48. The van der Waals surface area contributed by atoms with Gasteiger partial charge in [-0.1, -0.05) is 6.07 Å².